The second-order valence-electron chi connectivity index (χ2n) is 4.03. The number of aromatic nitrogens is 2. The number of nitro groups is 1. The number of nitrogens with zero attached hydrogens (tertiary/aromatic N) is 3. The molecule has 0 unspecified atom stereocenters. The summed E-state index contributed by atoms with van der Waals surface area (Å²) in [6, 6.07) is 5.14. The van der Waals surface area contributed by atoms with Gasteiger partial charge in [0.25, 0.3) is 12.1 Å². The van der Waals surface area contributed by atoms with E-state index < -0.39 is 11.3 Å². The Morgan fingerprint density at radius 3 is 2.85 bits per heavy atom. The first-order valence-electron chi connectivity index (χ1n) is 5.85. The Hall–Kier alpha value is -2.51. The van der Waals surface area contributed by atoms with Gasteiger partial charge >= 0.3 is 0 Å². The van der Waals surface area contributed by atoms with Crippen LogP contribution in [0.15, 0.2) is 36.7 Å². The highest BCUT2D eigenvalue weighted by Crippen LogP contribution is 2.30. The number of non-ortho nitro benzene ring substituents is 1. The van der Waals surface area contributed by atoms with Gasteiger partial charge in [-0.1, -0.05) is 0 Å². The predicted octanol–water partition coefficient (Wildman–Crippen LogP) is 2.84. The molecular weight excluding hydrogens is 270 g/mol. The van der Waals surface area contributed by atoms with Gasteiger partial charge in [-0.3, -0.25) is 14.8 Å². The van der Waals surface area contributed by atoms with Gasteiger partial charge < -0.3 is 5.32 Å². The number of nitrogens with one attached hydrogen (secondary N) is 1. The van der Waals surface area contributed by atoms with E-state index in [9.17, 15) is 18.9 Å². The zero-order valence-electron chi connectivity index (χ0n) is 10.4. The smallest absolute Gasteiger partial charge is 0.270 e. The van der Waals surface area contributed by atoms with Crippen LogP contribution in [-0.4, -0.2) is 21.2 Å². The maximum atomic E-state index is 12.9. The summed E-state index contributed by atoms with van der Waals surface area (Å²) in [6.45, 7) is 0.895. The number of alkyl halides is 2. The third kappa shape index (κ3) is 3.28. The maximum absolute atomic E-state index is 12.9. The van der Waals surface area contributed by atoms with Crippen LogP contribution in [0.1, 0.15) is 12.0 Å². The molecule has 0 saturated carbocycles. The number of rotatable bonds is 6. The monoisotopic (exact) mass is 282 g/mol. The van der Waals surface area contributed by atoms with E-state index in [1.54, 1.807) is 23.1 Å². The molecule has 0 bridgehead atoms. The topological polar surface area (TPSA) is 73.0 Å². The van der Waals surface area contributed by atoms with E-state index in [-0.39, 0.29) is 16.9 Å². The van der Waals surface area contributed by atoms with Crippen molar-refractivity contribution in [2.24, 2.45) is 0 Å². The van der Waals surface area contributed by atoms with Crippen LogP contribution < -0.4 is 5.32 Å². The first-order chi connectivity index (χ1) is 9.58. The van der Waals surface area contributed by atoms with Gasteiger partial charge in [0.1, 0.15) is 0 Å². The highest BCUT2D eigenvalue weighted by atomic mass is 19.3. The van der Waals surface area contributed by atoms with Gasteiger partial charge in [-0.15, -0.1) is 0 Å². The Balaban J connectivity index is 2.08. The van der Waals surface area contributed by atoms with Gasteiger partial charge in [0.05, 0.1) is 11.5 Å². The summed E-state index contributed by atoms with van der Waals surface area (Å²) in [7, 11) is 0. The van der Waals surface area contributed by atoms with Crippen LogP contribution in [-0.2, 0) is 6.54 Å². The number of hydrogen-bond donors (Lipinski definition) is 1. The summed E-state index contributed by atoms with van der Waals surface area (Å²) in [5.74, 6) is 0. The molecular formula is C12H12F2N4O2. The lowest BCUT2D eigenvalue weighted by Gasteiger charge is -2.11. The molecule has 106 valence electrons. The van der Waals surface area contributed by atoms with E-state index in [1.165, 1.54) is 12.1 Å². The van der Waals surface area contributed by atoms with Gasteiger partial charge in [-0.25, -0.2) is 8.78 Å². The molecule has 0 radical (unpaired) electrons. The fraction of sp³-hybridized carbons (Fsp3) is 0.250. The van der Waals surface area contributed by atoms with Crippen molar-refractivity contribution in [3.05, 3.63) is 52.3 Å². The van der Waals surface area contributed by atoms with E-state index in [4.69, 9.17) is 0 Å². The minimum atomic E-state index is -2.78. The molecule has 0 spiro atoms. The Kier molecular flexibility index (Phi) is 4.24. The van der Waals surface area contributed by atoms with E-state index in [1.807, 2.05) is 0 Å². The van der Waals surface area contributed by atoms with Crippen molar-refractivity contribution in [2.75, 3.05) is 11.9 Å². The Morgan fingerprint density at radius 2 is 2.25 bits per heavy atom. The largest absolute Gasteiger partial charge is 0.383 e. The number of benzene rings is 1. The molecule has 6 nitrogen and oxygen atoms in total. The second-order valence-corrected chi connectivity index (χ2v) is 4.03. The van der Waals surface area contributed by atoms with E-state index in [2.05, 4.69) is 10.4 Å². The van der Waals surface area contributed by atoms with Gasteiger partial charge in [0, 0.05) is 42.3 Å². The van der Waals surface area contributed by atoms with Gasteiger partial charge in [0.15, 0.2) is 0 Å². The molecule has 1 heterocycles. The molecule has 1 aromatic heterocycles. The SMILES string of the molecule is O=[N+]([O-])c1ccc(NCCn2cccn2)c(C(F)F)c1. The second kappa shape index (κ2) is 6.09. The average molecular weight is 282 g/mol. The number of halogens is 2. The molecule has 8 heteroatoms. The van der Waals surface area contributed by atoms with Gasteiger partial charge in [-0.2, -0.15) is 5.10 Å². The predicted molar refractivity (Wildman–Crippen MR) is 68.8 cm³/mol. The lowest BCUT2D eigenvalue weighted by atomic mass is 10.1. The zero-order chi connectivity index (χ0) is 14.5. The highest BCUT2D eigenvalue weighted by Gasteiger charge is 2.17. The molecule has 0 atom stereocenters. The fourth-order valence-electron chi connectivity index (χ4n) is 1.74. The lowest BCUT2D eigenvalue weighted by molar-refractivity contribution is -0.385. The summed E-state index contributed by atoms with van der Waals surface area (Å²) in [6.07, 6.45) is 0.601. The third-order valence-corrected chi connectivity index (χ3v) is 2.70. The minimum absolute atomic E-state index is 0.192. The van der Waals surface area contributed by atoms with Crippen LogP contribution in [0.25, 0.3) is 0 Å². The van der Waals surface area contributed by atoms with Crippen molar-refractivity contribution < 1.29 is 13.7 Å². The van der Waals surface area contributed by atoms with E-state index in [0.29, 0.717) is 13.1 Å². The highest BCUT2D eigenvalue weighted by molar-refractivity contribution is 5.56. The van der Waals surface area contributed by atoms with E-state index in [0.717, 1.165) is 6.07 Å². The van der Waals surface area contributed by atoms with Crippen LogP contribution in [0, 0.1) is 10.1 Å². The molecule has 0 aliphatic heterocycles. The molecule has 2 rings (SSSR count). The molecule has 0 aliphatic rings. The van der Waals surface area contributed by atoms with Crippen LogP contribution in [0.4, 0.5) is 20.2 Å². The first kappa shape index (κ1) is 13.9. The maximum Gasteiger partial charge on any atom is 0.270 e. The summed E-state index contributed by atoms with van der Waals surface area (Å²) in [5, 5.41) is 17.4. The molecule has 1 aromatic carbocycles. The standard InChI is InChI=1S/C12H12F2N4O2/c13-12(14)10-8-9(18(19)20)2-3-11(10)15-5-7-17-6-1-4-16-17/h1-4,6,8,12,15H,5,7H2. The molecule has 0 aliphatic carbocycles. The van der Waals surface area contributed by atoms with Crippen molar-refractivity contribution in [3.8, 4) is 0 Å². The molecule has 20 heavy (non-hydrogen) atoms. The Morgan fingerprint density at radius 1 is 1.45 bits per heavy atom. The summed E-state index contributed by atoms with van der Waals surface area (Å²) in [5.41, 5.74) is -0.532. The molecule has 0 amide bonds. The zero-order valence-corrected chi connectivity index (χ0v) is 10.4. The third-order valence-electron chi connectivity index (χ3n) is 2.70. The number of hydrogen-bond acceptors (Lipinski definition) is 4. The summed E-state index contributed by atoms with van der Waals surface area (Å²) in [4.78, 5) is 9.89. The fourth-order valence-corrected chi connectivity index (χ4v) is 1.74. The number of nitro benzene ring substituents is 1. The number of anilines is 1. The van der Waals surface area contributed by atoms with Gasteiger partial charge in [-0.05, 0) is 12.1 Å². The van der Waals surface area contributed by atoms with Crippen LogP contribution in [0.3, 0.4) is 0 Å². The average Bonchev–Trinajstić information content (AvgIpc) is 2.91. The first-order valence-corrected chi connectivity index (χ1v) is 5.85. The van der Waals surface area contributed by atoms with Crippen LogP contribution in [0.2, 0.25) is 0 Å². The Bertz CT molecular complexity index is 587. The summed E-state index contributed by atoms with van der Waals surface area (Å²) < 4.78 is 27.4. The van der Waals surface area contributed by atoms with Crippen molar-refractivity contribution in [2.45, 2.75) is 13.0 Å². The normalized spacial score (nSPS) is 10.8. The molecule has 1 N–H and O–H groups in total. The van der Waals surface area contributed by atoms with Crippen molar-refractivity contribution in [3.63, 3.8) is 0 Å². The van der Waals surface area contributed by atoms with Crippen LogP contribution >= 0.6 is 0 Å². The van der Waals surface area contributed by atoms with Crippen molar-refractivity contribution >= 4 is 11.4 Å². The van der Waals surface area contributed by atoms with Crippen molar-refractivity contribution in [1.82, 2.24) is 9.78 Å². The molecule has 2 aromatic rings. The van der Waals surface area contributed by atoms with E-state index >= 15 is 0 Å². The molecule has 0 saturated heterocycles. The van der Waals surface area contributed by atoms with Crippen molar-refractivity contribution in [1.29, 1.82) is 0 Å². The molecule has 0 fully saturated rings. The van der Waals surface area contributed by atoms with Gasteiger partial charge in [0.2, 0.25) is 0 Å². The minimum Gasteiger partial charge on any atom is -0.383 e. The Labute approximate surface area is 113 Å². The quantitative estimate of drug-likeness (QED) is 0.653. The lowest BCUT2D eigenvalue weighted by Crippen LogP contribution is -2.12. The van der Waals surface area contributed by atoms with Crippen LogP contribution in [0.5, 0.6) is 0 Å². The summed E-state index contributed by atoms with van der Waals surface area (Å²) >= 11 is 0.